The molecule has 2 aromatic rings. The van der Waals surface area contributed by atoms with Gasteiger partial charge in [0.05, 0.1) is 0 Å². The molecule has 1 atom stereocenters. The predicted molar refractivity (Wildman–Crippen MR) is 107 cm³/mol. The van der Waals surface area contributed by atoms with E-state index in [1.807, 2.05) is 43.5 Å². The monoisotopic (exact) mass is 379 g/mol. The van der Waals surface area contributed by atoms with E-state index in [2.05, 4.69) is 20.5 Å². The molecule has 0 bridgehead atoms. The van der Waals surface area contributed by atoms with Crippen LogP contribution in [-0.4, -0.2) is 65.4 Å². The first-order valence-corrected chi connectivity index (χ1v) is 9.67. The topological polar surface area (TPSA) is 77.6 Å². The normalized spacial score (nSPS) is 19.7. The van der Waals surface area contributed by atoms with E-state index in [-0.39, 0.29) is 17.9 Å². The molecule has 2 aliphatic heterocycles. The van der Waals surface area contributed by atoms with Crippen LogP contribution in [-0.2, 0) is 11.3 Å². The second-order valence-electron chi connectivity index (χ2n) is 7.29. The second kappa shape index (κ2) is 7.98. The molecule has 2 fully saturated rings. The molecule has 0 spiro atoms. The molecule has 2 saturated heterocycles. The quantitative estimate of drug-likeness (QED) is 0.836. The minimum Gasteiger partial charge on any atom is -0.381 e. The Morgan fingerprint density at radius 2 is 2.14 bits per heavy atom. The highest BCUT2D eigenvalue weighted by molar-refractivity contribution is 5.97. The molecule has 1 unspecified atom stereocenters. The standard InChI is InChI=1S/C21H25N5O2/c1-15-17(5-2-6-18(15)24-13-16-4-3-7-22-12-16)21(28)26-11-10-25-9-8-23-20(27)19(25)14-26/h2-7,12,19,24H,8-11,13-14H2,1H3,(H,23,27). The number of hydrogen-bond donors (Lipinski definition) is 2. The summed E-state index contributed by atoms with van der Waals surface area (Å²) in [6.07, 6.45) is 3.58. The first-order valence-electron chi connectivity index (χ1n) is 9.67. The SMILES string of the molecule is Cc1c(NCc2cccnc2)cccc1C(=O)N1CCN2CCNC(=O)C2C1. The number of pyridine rings is 1. The maximum Gasteiger partial charge on any atom is 0.254 e. The summed E-state index contributed by atoms with van der Waals surface area (Å²) < 4.78 is 0. The molecule has 7 heteroatoms. The summed E-state index contributed by atoms with van der Waals surface area (Å²) in [7, 11) is 0. The molecule has 7 nitrogen and oxygen atoms in total. The van der Waals surface area contributed by atoms with Gasteiger partial charge in [-0.05, 0) is 36.2 Å². The number of nitrogens with zero attached hydrogens (tertiary/aromatic N) is 3. The molecule has 4 rings (SSSR count). The summed E-state index contributed by atoms with van der Waals surface area (Å²) in [5.41, 5.74) is 3.62. The Labute approximate surface area is 164 Å². The fraction of sp³-hybridized carbons (Fsp3) is 0.381. The van der Waals surface area contributed by atoms with Crippen molar-refractivity contribution in [2.75, 3.05) is 38.0 Å². The Bertz CT molecular complexity index is 870. The van der Waals surface area contributed by atoms with Crippen LogP contribution in [0.2, 0.25) is 0 Å². The van der Waals surface area contributed by atoms with Crippen LogP contribution in [0, 0.1) is 6.92 Å². The summed E-state index contributed by atoms with van der Waals surface area (Å²) >= 11 is 0. The number of amides is 2. The van der Waals surface area contributed by atoms with Gasteiger partial charge in [0, 0.05) is 62.9 Å². The van der Waals surface area contributed by atoms with Crippen molar-refractivity contribution in [3.63, 3.8) is 0 Å². The summed E-state index contributed by atoms with van der Waals surface area (Å²) in [4.78, 5) is 33.4. The summed E-state index contributed by atoms with van der Waals surface area (Å²) in [5, 5.41) is 6.30. The zero-order chi connectivity index (χ0) is 19.5. The molecule has 28 heavy (non-hydrogen) atoms. The highest BCUT2D eigenvalue weighted by atomic mass is 16.2. The molecule has 2 N–H and O–H groups in total. The van der Waals surface area contributed by atoms with Gasteiger partial charge in [-0.2, -0.15) is 0 Å². The highest BCUT2D eigenvalue weighted by Gasteiger charge is 2.36. The molecule has 1 aromatic heterocycles. The Morgan fingerprint density at radius 3 is 2.96 bits per heavy atom. The van der Waals surface area contributed by atoms with Gasteiger partial charge in [0.15, 0.2) is 0 Å². The molecular formula is C21H25N5O2. The molecule has 3 heterocycles. The minimum atomic E-state index is -0.237. The van der Waals surface area contributed by atoms with Gasteiger partial charge in [0.25, 0.3) is 5.91 Å². The van der Waals surface area contributed by atoms with E-state index in [9.17, 15) is 9.59 Å². The lowest BCUT2D eigenvalue weighted by molar-refractivity contribution is -0.131. The van der Waals surface area contributed by atoms with Crippen molar-refractivity contribution in [1.82, 2.24) is 20.1 Å². The van der Waals surface area contributed by atoms with Gasteiger partial charge in [-0.1, -0.05) is 12.1 Å². The molecule has 146 valence electrons. The van der Waals surface area contributed by atoms with Gasteiger partial charge in [-0.15, -0.1) is 0 Å². The number of carbonyl (C=O) groups excluding carboxylic acids is 2. The largest absolute Gasteiger partial charge is 0.381 e. The summed E-state index contributed by atoms with van der Waals surface area (Å²) in [6, 6.07) is 9.42. The van der Waals surface area contributed by atoms with E-state index in [1.165, 1.54) is 0 Å². The van der Waals surface area contributed by atoms with Crippen molar-refractivity contribution in [3.05, 3.63) is 59.4 Å². The molecule has 2 aliphatic rings. The first kappa shape index (κ1) is 18.4. The number of hydrogen-bond acceptors (Lipinski definition) is 5. The zero-order valence-corrected chi connectivity index (χ0v) is 16.0. The van der Waals surface area contributed by atoms with Gasteiger partial charge in [-0.3, -0.25) is 19.5 Å². The van der Waals surface area contributed by atoms with Gasteiger partial charge < -0.3 is 15.5 Å². The Kier molecular flexibility index (Phi) is 5.25. The predicted octanol–water partition coefficient (Wildman–Crippen LogP) is 1.26. The van der Waals surface area contributed by atoms with Crippen LogP contribution >= 0.6 is 0 Å². The number of carbonyl (C=O) groups is 2. The number of benzene rings is 1. The Hall–Kier alpha value is -2.93. The lowest BCUT2D eigenvalue weighted by Crippen LogP contribution is -2.64. The van der Waals surface area contributed by atoms with Crippen LogP contribution in [0.3, 0.4) is 0 Å². The molecule has 0 aliphatic carbocycles. The molecule has 0 saturated carbocycles. The fourth-order valence-electron chi connectivity index (χ4n) is 3.89. The lowest BCUT2D eigenvalue weighted by atomic mass is 10.0. The lowest BCUT2D eigenvalue weighted by Gasteiger charge is -2.43. The Morgan fingerprint density at radius 1 is 1.25 bits per heavy atom. The molecule has 0 radical (unpaired) electrons. The van der Waals surface area contributed by atoms with E-state index in [4.69, 9.17) is 0 Å². The third-order valence-corrected chi connectivity index (χ3v) is 5.55. The van der Waals surface area contributed by atoms with Crippen molar-refractivity contribution in [3.8, 4) is 0 Å². The van der Waals surface area contributed by atoms with Crippen molar-refractivity contribution in [2.45, 2.75) is 19.5 Å². The average Bonchev–Trinajstić information content (AvgIpc) is 2.73. The maximum absolute atomic E-state index is 13.2. The number of anilines is 1. The van der Waals surface area contributed by atoms with E-state index in [0.29, 0.717) is 31.7 Å². The molecule has 2 amide bonds. The maximum atomic E-state index is 13.2. The number of nitrogens with one attached hydrogen (secondary N) is 2. The number of aromatic nitrogens is 1. The first-order chi connectivity index (χ1) is 13.6. The van der Waals surface area contributed by atoms with Crippen LogP contribution < -0.4 is 10.6 Å². The van der Waals surface area contributed by atoms with Crippen molar-refractivity contribution >= 4 is 17.5 Å². The van der Waals surface area contributed by atoms with Gasteiger partial charge in [-0.25, -0.2) is 0 Å². The van der Waals surface area contributed by atoms with Gasteiger partial charge in [0.2, 0.25) is 5.91 Å². The number of piperazine rings is 2. The third kappa shape index (κ3) is 3.71. The summed E-state index contributed by atoms with van der Waals surface area (Å²) in [6.45, 7) is 5.97. The van der Waals surface area contributed by atoms with Crippen LogP contribution in [0.1, 0.15) is 21.5 Å². The average molecular weight is 379 g/mol. The van der Waals surface area contributed by atoms with Crippen LogP contribution in [0.5, 0.6) is 0 Å². The van der Waals surface area contributed by atoms with E-state index in [0.717, 1.165) is 29.9 Å². The highest BCUT2D eigenvalue weighted by Crippen LogP contribution is 2.23. The Balaban J connectivity index is 1.48. The van der Waals surface area contributed by atoms with Gasteiger partial charge in [0.1, 0.15) is 6.04 Å². The number of fused-ring (bicyclic) bond motifs is 1. The van der Waals surface area contributed by atoms with E-state index >= 15 is 0 Å². The van der Waals surface area contributed by atoms with E-state index < -0.39 is 0 Å². The molecule has 1 aromatic carbocycles. The molecular weight excluding hydrogens is 354 g/mol. The fourth-order valence-corrected chi connectivity index (χ4v) is 3.89. The van der Waals surface area contributed by atoms with E-state index in [1.54, 1.807) is 11.1 Å². The van der Waals surface area contributed by atoms with Crippen LogP contribution in [0.4, 0.5) is 5.69 Å². The second-order valence-corrected chi connectivity index (χ2v) is 7.29. The third-order valence-electron chi connectivity index (χ3n) is 5.55. The number of rotatable bonds is 4. The van der Waals surface area contributed by atoms with Crippen molar-refractivity contribution in [1.29, 1.82) is 0 Å². The zero-order valence-electron chi connectivity index (χ0n) is 16.0. The van der Waals surface area contributed by atoms with Crippen LogP contribution in [0.15, 0.2) is 42.7 Å². The van der Waals surface area contributed by atoms with Crippen molar-refractivity contribution < 1.29 is 9.59 Å². The van der Waals surface area contributed by atoms with Gasteiger partial charge >= 0.3 is 0 Å². The smallest absolute Gasteiger partial charge is 0.254 e. The minimum absolute atomic E-state index is 0.0134. The van der Waals surface area contributed by atoms with Crippen LogP contribution in [0.25, 0.3) is 0 Å². The summed E-state index contributed by atoms with van der Waals surface area (Å²) in [5.74, 6) is 0.00733. The van der Waals surface area contributed by atoms with Crippen molar-refractivity contribution in [2.24, 2.45) is 0 Å².